The average Bonchev–Trinajstić information content (AvgIpc) is 3.29. The summed E-state index contributed by atoms with van der Waals surface area (Å²) in [6.45, 7) is 0.0601. The van der Waals surface area contributed by atoms with Crippen LogP contribution >= 0.6 is 11.8 Å². The number of rotatable bonds is 4. The molecule has 1 amide bonds. The number of hydrogen-bond donors (Lipinski definition) is 0. The van der Waals surface area contributed by atoms with Gasteiger partial charge in [-0.1, -0.05) is 54.6 Å². The molecule has 2 atom stereocenters. The highest BCUT2D eigenvalue weighted by Crippen LogP contribution is 2.57. The van der Waals surface area contributed by atoms with E-state index >= 15 is 0 Å². The Morgan fingerprint density at radius 2 is 1.90 bits per heavy atom. The molecule has 1 aromatic heterocycles. The summed E-state index contributed by atoms with van der Waals surface area (Å²) in [6, 6.07) is 21.0. The summed E-state index contributed by atoms with van der Waals surface area (Å²) in [5, 5.41) is 0. The first-order valence-corrected chi connectivity index (χ1v) is 10.5. The molecule has 0 spiro atoms. The number of ether oxygens (including phenoxy) is 2. The first kappa shape index (κ1) is 18.7. The molecule has 7 heteroatoms. The molecule has 150 valence electrons. The molecule has 2 unspecified atom stereocenters. The third-order valence-corrected chi connectivity index (χ3v) is 6.80. The molecule has 3 aromatic rings. The Labute approximate surface area is 177 Å². The normalized spacial score (nSPS) is 21.8. The van der Waals surface area contributed by atoms with Crippen molar-refractivity contribution in [3.8, 4) is 0 Å². The molecule has 5 rings (SSSR count). The van der Waals surface area contributed by atoms with Crippen LogP contribution in [0.25, 0.3) is 0 Å². The summed E-state index contributed by atoms with van der Waals surface area (Å²) >= 11 is 1.59. The molecule has 1 fully saturated rings. The molecular weight excluding hydrogens is 400 g/mol. The Morgan fingerprint density at radius 1 is 1.10 bits per heavy atom. The minimum Gasteiger partial charge on any atom is -0.429 e. The summed E-state index contributed by atoms with van der Waals surface area (Å²) in [5.41, 5.74) is 3.29. The zero-order valence-corrected chi connectivity index (χ0v) is 16.7. The SMILES string of the molecule is O=C(OCc1cccnc1)OC1CSC2(c3ccccc3)c3ccccc3C(=O)N12. The van der Waals surface area contributed by atoms with Gasteiger partial charge in [0, 0.05) is 29.1 Å². The number of fused-ring (bicyclic) bond motifs is 3. The van der Waals surface area contributed by atoms with E-state index in [9.17, 15) is 9.59 Å². The quantitative estimate of drug-likeness (QED) is 0.593. The van der Waals surface area contributed by atoms with Gasteiger partial charge in [-0.05, 0) is 17.7 Å². The zero-order valence-electron chi connectivity index (χ0n) is 15.9. The maximum Gasteiger partial charge on any atom is 0.510 e. The Balaban J connectivity index is 1.42. The first-order valence-electron chi connectivity index (χ1n) is 9.55. The highest BCUT2D eigenvalue weighted by atomic mass is 32.2. The van der Waals surface area contributed by atoms with Gasteiger partial charge in [-0.25, -0.2) is 4.79 Å². The molecule has 3 heterocycles. The van der Waals surface area contributed by atoms with Crippen molar-refractivity contribution in [2.24, 2.45) is 0 Å². The van der Waals surface area contributed by atoms with E-state index in [1.54, 1.807) is 35.1 Å². The summed E-state index contributed by atoms with van der Waals surface area (Å²) in [6.07, 6.45) is 1.74. The molecule has 0 N–H and O–H groups in total. The van der Waals surface area contributed by atoms with E-state index in [2.05, 4.69) is 4.98 Å². The van der Waals surface area contributed by atoms with Crippen LogP contribution < -0.4 is 0 Å². The Kier molecular flexibility index (Phi) is 4.67. The van der Waals surface area contributed by atoms with E-state index in [0.717, 1.165) is 16.7 Å². The minimum absolute atomic E-state index is 0.0601. The fourth-order valence-electron chi connectivity index (χ4n) is 4.01. The molecule has 2 aliphatic heterocycles. The Bertz CT molecular complexity index is 1090. The highest BCUT2D eigenvalue weighted by Gasteiger charge is 2.59. The van der Waals surface area contributed by atoms with Crippen molar-refractivity contribution in [3.63, 3.8) is 0 Å². The van der Waals surface area contributed by atoms with Gasteiger partial charge in [0.1, 0.15) is 11.5 Å². The molecular formula is C23H18N2O4S. The van der Waals surface area contributed by atoms with E-state index in [0.29, 0.717) is 11.3 Å². The molecule has 30 heavy (non-hydrogen) atoms. The smallest absolute Gasteiger partial charge is 0.429 e. The monoisotopic (exact) mass is 418 g/mol. The molecule has 6 nitrogen and oxygen atoms in total. The minimum atomic E-state index is -0.808. The van der Waals surface area contributed by atoms with Crippen LogP contribution in [-0.2, 0) is 21.0 Å². The fourth-order valence-corrected chi connectivity index (χ4v) is 5.59. The second-order valence-corrected chi connectivity index (χ2v) is 8.23. The second kappa shape index (κ2) is 7.50. The van der Waals surface area contributed by atoms with Crippen LogP contribution in [0.1, 0.15) is 27.0 Å². The number of hydrogen-bond acceptors (Lipinski definition) is 6. The standard InChI is InChI=1S/C23H18N2O4S/c26-21-18-10-4-5-11-19(18)23(17-8-2-1-3-9-17)25(21)20(15-30-23)29-22(27)28-14-16-7-6-12-24-13-16/h1-13,20H,14-15H2. The lowest BCUT2D eigenvalue weighted by molar-refractivity contribution is -0.0328. The van der Waals surface area contributed by atoms with Crippen molar-refractivity contribution in [2.75, 3.05) is 5.75 Å². The average molecular weight is 418 g/mol. The van der Waals surface area contributed by atoms with E-state index < -0.39 is 17.3 Å². The maximum absolute atomic E-state index is 13.3. The fraction of sp³-hybridized carbons (Fsp3) is 0.174. The number of carbonyl (C=O) groups is 2. The topological polar surface area (TPSA) is 68.7 Å². The van der Waals surface area contributed by atoms with Crippen LogP contribution in [0.5, 0.6) is 0 Å². The van der Waals surface area contributed by atoms with Crippen molar-refractivity contribution >= 4 is 23.8 Å². The number of aromatic nitrogens is 1. The lowest BCUT2D eigenvalue weighted by atomic mass is 9.97. The van der Waals surface area contributed by atoms with Gasteiger partial charge in [-0.3, -0.25) is 14.7 Å². The molecule has 0 bridgehead atoms. The van der Waals surface area contributed by atoms with E-state index in [1.807, 2.05) is 60.7 Å². The van der Waals surface area contributed by atoms with Crippen molar-refractivity contribution in [1.82, 2.24) is 9.88 Å². The van der Waals surface area contributed by atoms with Gasteiger partial charge in [0.15, 0.2) is 6.23 Å². The maximum atomic E-state index is 13.3. The summed E-state index contributed by atoms with van der Waals surface area (Å²) in [5.74, 6) is 0.307. The number of pyridine rings is 1. The van der Waals surface area contributed by atoms with Crippen LogP contribution in [0.3, 0.4) is 0 Å². The van der Waals surface area contributed by atoms with Gasteiger partial charge in [-0.15, -0.1) is 11.8 Å². The summed E-state index contributed by atoms with van der Waals surface area (Å²) < 4.78 is 10.8. The summed E-state index contributed by atoms with van der Waals surface area (Å²) in [7, 11) is 0. The van der Waals surface area contributed by atoms with Crippen molar-refractivity contribution in [3.05, 3.63) is 101 Å². The molecule has 0 saturated carbocycles. The lowest BCUT2D eigenvalue weighted by Crippen LogP contribution is -2.45. The van der Waals surface area contributed by atoms with Crippen LogP contribution in [0.2, 0.25) is 0 Å². The van der Waals surface area contributed by atoms with Crippen LogP contribution in [0.15, 0.2) is 79.1 Å². The Morgan fingerprint density at radius 3 is 2.70 bits per heavy atom. The number of nitrogens with zero attached hydrogens (tertiary/aromatic N) is 2. The van der Waals surface area contributed by atoms with Gasteiger partial charge in [0.25, 0.3) is 5.91 Å². The molecule has 0 radical (unpaired) electrons. The van der Waals surface area contributed by atoms with Gasteiger partial charge in [0.2, 0.25) is 0 Å². The van der Waals surface area contributed by atoms with Crippen LogP contribution in [0.4, 0.5) is 4.79 Å². The van der Waals surface area contributed by atoms with Crippen molar-refractivity contribution in [1.29, 1.82) is 0 Å². The van der Waals surface area contributed by atoms with Gasteiger partial charge in [0.05, 0.1) is 5.75 Å². The van der Waals surface area contributed by atoms with Gasteiger partial charge >= 0.3 is 6.16 Å². The van der Waals surface area contributed by atoms with E-state index in [4.69, 9.17) is 9.47 Å². The zero-order chi connectivity index (χ0) is 20.6. The van der Waals surface area contributed by atoms with Crippen molar-refractivity contribution in [2.45, 2.75) is 17.7 Å². The first-order chi connectivity index (χ1) is 14.7. The molecule has 2 aliphatic rings. The number of benzene rings is 2. The Hall–Kier alpha value is -3.32. The number of thioether (sulfide) groups is 1. The predicted octanol–water partition coefficient (Wildman–Crippen LogP) is 4.16. The van der Waals surface area contributed by atoms with Crippen LogP contribution in [-0.4, -0.2) is 33.9 Å². The number of carbonyl (C=O) groups excluding carboxylic acids is 2. The van der Waals surface area contributed by atoms with Gasteiger partial charge < -0.3 is 9.47 Å². The summed E-state index contributed by atoms with van der Waals surface area (Å²) in [4.78, 5) is 30.6. The molecule has 1 saturated heterocycles. The molecule has 2 aromatic carbocycles. The number of amides is 1. The third kappa shape index (κ3) is 2.93. The van der Waals surface area contributed by atoms with Crippen molar-refractivity contribution < 1.29 is 19.1 Å². The third-order valence-electron chi connectivity index (χ3n) is 5.28. The largest absolute Gasteiger partial charge is 0.510 e. The van der Waals surface area contributed by atoms with Crippen LogP contribution in [0, 0.1) is 0 Å². The van der Waals surface area contributed by atoms with E-state index in [1.165, 1.54) is 0 Å². The molecule has 0 aliphatic carbocycles. The predicted molar refractivity (Wildman–Crippen MR) is 112 cm³/mol. The van der Waals surface area contributed by atoms with Gasteiger partial charge in [-0.2, -0.15) is 0 Å². The lowest BCUT2D eigenvalue weighted by Gasteiger charge is -2.34. The van der Waals surface area contributed by atoms with E-state index in [-0.39, 0.29) is 12.5 Å². The second-order valence-electron chi connectivity index (χ2n) is 7.01. The highest BCUT2D eigenvalue weighted by molar-refractivity contribution is 8.00.